The molecule has 0 bridgehead atoms. The minimum absolute atomic E-state index is 0.0116. The summed E-state index contributed by atoms with van der Waals surface area (Å²) in [4.78, 5) is 10.9. The zero-order chi connectivity index (χ0) is 7.56. The first-order valence-electron chi connectivity index (χ1n) is 3.65. The van der Waals surface area contributed by atoms with Crippen LogP contribution in [0.15, 0.2) is 0 Å². The van der Waals surface area contributed by atoms with Gasteiger partial charge in [0.1, 0.15) is 5.78 Å². The predicted molar refractivity (Wildman–Crippen MR) is 37.1 cm³/mol. The van der Waals surface area contributed by atoms with Crippen LogP contribution in [0.2, 0.25) is 0 Å². The molecule has 1 saturated carbocycles. The predicted octanol–water partition coefficient (Wildman–Crippen LogP) is 1.52. The highest BCUT2D eigenvalue weighted by molar-refractivity contribution is 5.79. The molecule has 1 fully saturated rings. The highest BCUT2D eigenvalue weighted by Crippen LogP contribution is 2.31. The van der Waals surface area contributed by atoms with Crippen molar-refractivity contribution in [1.29, 1.82) is 5.26 Å². The van der Waals surface area contributed by atoms with Crippen molar-refractivity contribution < 1.29 is 4.79 Å². The lowest BCUT2D eigenvalue weighted by molar-refractivity contribution is -0.121. The van der Waals surface area contributed by atoms with Crippen LogP contribution in [0.25, 0.3) is 0 Å². The second-order valence-corrected chi connectivity index (χ2v) is 2.88. The molecule has 0 saturated heterocycles. The van der Waals surface area contributed by atoms with E-state index in [1.165, 1.54) is 0 Å². The molecule has 54 valence electrons. The summed E-state index contributed by atoms with van der Waals surface area (Å²) >= 11 is 0. The summed E-state index contributed by atoms with van der Waals surface area (Å²) < 4.78 is 0. The molecule has 0 amide bonds. The average Bonchev–Trinajstić information content (AvgIpc) is 2.33. The standard InChI is InChI=1S/C8H11NO/c1-6(10)8-4-2-3-7(8)5-9/h7-8H,2-4H2,1H3/t7-,8+/m1/s1. The van der Waals surface area contributed by atoms with Crippen LogP contribution in [0.5, 0.6) is 0 Å². The molecular formula is C8H11NO. The molecule has 2 nitrogen and oxygen atoms in total. The van der Waals surface area contributed by atoms with Crippen LogP contribution in [-0.2, 0) is 4.79 Å². The molecule has 2 heteroatoms. The Hall–Kier alpha value is -0.840. The van der Waals surface area contributed by atoms with Gasteiger partial charge >= 0.3 is 0 Å². The first-order valence-corrected chi connectivity index (χ1v) is 3.65. The minimum Gasteiger partial charge on any atom is -0.300 e. The van der Waals surface area contributed by atoms with Gasteiger partial charge in [-0.05, 0) is 19.8 Å². The van der Waals surface area contributed by atoms with Gasteiger partial charge in [0.25, 0.3) is 0 Å². The van der Waals surface area contributed by atoms with E-state index in [0.29, 0.717) is 0 Å². The lowest BCUT2D eigenvalue weighted by Gasteiger charge is -2.06. The second kappa shape index (κ2) is 2.83. The maximum atomic E-state index is 10.9. The van der Waals surface area contributed by atoms with Crippen LogP contribution < -0.4 is 0 Å². The lowest BCUT2D eigenvalue weighted by atomic mass is 9.94. The number of ketones is 1. The fraction of sp³-hybridized carbons (Fsp3) is 0.750. The maximum absolute atomic E-state index is 10.9. The van der Waals surface area contributed by atoms with Crippen molar-refractivity contribution in [3.8, 4) is 6.07 Å². The van der Waals surface area contributed by atoms with Crippen molar-refractivity contribution in [2.75, 3.05) is 0 Å². The third-order valence-electron chi connectivity index (χ3n) is 2.20. The van der Waals surface area contributed by atoms with Crippen molar-refractivity contribution in [2.45, 2.75) is 26.2 Å². The van der Waals surface area contributed by atoms with Crippen LogP contribution in [-0.4, -0.2) is 5.78 Å². The Bertz CT molecular complexity index is 180. The molecule has 0 unspecified atom stereocenters. The first-order chi connectivity index (χ1) is 4.75. The van der Waals surface area contributed by atoms with E-state index in [9.17, 15) is 4.79 Å². The first kappa shape index (κ1) is 7.27. The highest BCUT2D eigenvalue weighted by atomic mass is 16.1. The number of hydrogen-bond acceptors (Lipinski definition) is 2. The molecule has 0 aliphatic heterocycles. The summed E-state index contributed by atoms with van der Waals surface area (Å²) in [5.41, 5.74) is 0. The molecule has 1 aliphatic carbocycles. The highest BCUT2D eigenvalue weighted by Gasteiger charge is 2.30. The molecule has 0 N–H and O–H groups in total. The Balaban J connectivity index is 2.61. The number of hydrogen-bond donors (Lipinski definition) is 0. The van der Waals surface area contributed by atoms with E-state index in [1.54, 1.807) is 6.92 Å². The van der Waals surface area contributed by atoms with Crippen LogP contribution in [0.4, 0.5) is 0 Å². The fourth-order valence-corrected chi connectivity index (χ4v) is 1.60. The van der Waals surface area contributed by atoms with Gasteiger partial charge in [-0.15, -0.1) is 0 Å². The third kappa shape index (κ3) is 1.18. The van der Waals surface area contributed by atoms with Gasteiger partial charge in [-0.3, -0.25) is 4.79 Å². The van der Waals surface area contributed by atoms with E-state index in [-0.39, 0.29) is 17.6 Å². The molecule has 0 radical (unpaired) electrons. The van der Waals surface area contributed by atoms with E-state index in [4.69, 9.17) is 5.26 Å². The van der Waals surface area contributed by atoms with Gasteiger partial charge in [0, 0.05) is 5.92 Å². The van der Waals surface area contributed by atoms with E-state index < -0.39 is 0 Å². The van der Waals surface area contributed by atoms with Gasteiger partial charge in [-0.1, -0.05) is 6.42 Å². The topological polar surface area (TPSA) is 40.9 Å². The van der Waals surface area contributed by atoms with Crippen molar-refractivity contribution >= 4 is 5.78 Å². The van der Waals surface area contributed by atoms with Crippen molar-refractivity contribution in [3.63, 3.8) is 0 Å². The number of Topliss-reactive ketones (excluding diaryl/α,β-unsaturated/α-hetero) is 1. The SMILES string of the molecule is CC(=O)[C@@H]1CCC[C@@H]1C#N. The molecule has 1 aliphatic rings. The smallest absolute Gasteiger partial charge is 0.134 e. The van der Waals surface area contributed by atoms with Gasteiger partial charge in [0.15, 0.2) is 0 Å². The number of carbonyl (C=O) groups is 1. The van der Waals surface area contributed by atoms with Crippen molar-refractivity contribution in [3.05, 3.63) is 0 Å². The van der Waals surface area contributed by atoms with E-state index >= 15 is 0 Å². The normalized spacial score (nSPS) is 31.6. The Labute approximate surface area is 60.8 Å². The molecule has 0 heterocycles. The van der Waals surface area contributed by atoms with E-state index in [2.05, 4.69) is 6.07 Å². The maximum Gasteiger partial charge on any atom is 0.134 e. The number of carbonyl (C=O) groups excluding carboxylic acids is 1. The van der Waals surface area contributed by atoms with Crippen LogP contribution in [0.1, 0.15) is 26.2 Å². The number of nitrogens with zero attached hydrogens (tertiary/aromatic N) is 1. The van der Waals surface area contributed by atoms with Gasteiger partial charge in [-0.25, -0.2) is 0 Å². The van der Waals surface area contributed by atoms with Gasteiger partial charge < -0.3 is 0 Å². The summed E-state index contributed by atoms with van der Waals surface area (Å²) in [5, 5.41) is 8.58. The number of rotatable bonds is 1. The molecule has 0 spiro atoms. The Morgan fingerprint density at radius 2 is 2.30 bits per heavy atom. The summed E-state index contributed by atoms with van der Waals surface area (Å²) in [6, 6.07) is 2.17. The molecule has 10 heavy (non-hydrogen) atoms. The Morgan fingerprint density at radius 3 is 2.70 bits per heavy atom. The largest absolute Gasteiger partial charge is 0.300 e. The van der Waals surface area contributed by atoms with Crippen LogP contribution >= 0.6 is 0 Å². The van der Waals surface area contributed by atoms with Crippen LogP contribution in [0.3, 0.4) is 0 Å². The zero-order valence-electron chi connectivity index (χ0n) is 6.13. The molecule has 1 rings (SSSR count). The molecular weight excluding hydrogens is 126 g/mol. The zero-order valence-corrected chi connectivity index (χ0v) is 6.13. The van der Waals surface area contributed by atoms with Crippen molar-refractivity contribution in [2.24, 2.45) is 11.8 Å². The molecule has 0 aromatic heterocycles. The van der Waals surface area contributed by atoms with Crippen LogP contribution in [0, 0.1) is 23.2 Å². The third-order valence-corrected chi connectivity index (χ3v) is 2.20. The van der Waals surface area contributed by atoms with Gasteiger partial charge in [0.05, 0.1) is 12.0 Å². The number of nitriles is 1. The molecule has 0 aromatic carbocycles. The van der Waals surface area contributed by atoms with Crippen molar-refractivity contribution in [1.82, 2.24) is 0 Å². The van der Waals surface area contributed by atoms with Gasteiger partial charge in [0.2, 0.25) is 0 Å². The van der Waals surface area contributed by atoms with Gasteiger partial charge in [-0.2, -0.15) is 5.26 Å². The van der Waals surface area contributed by atoms with E-state index in [0.717, 1.165) is 19.3 Å². The fourth-order valence-electron chi connectivity index (χ4n) is 1.60. The minimum atomic E-state index is 0.0116. The average molecular weight is 137 g/mol. The molecule has 0 aromatic rings. The quantitative estimate of drug-likeness (QED) is 0.549. The summed E-state index contributed by atoms with van der Waals surface area (Å²) in [7, 11) is 0. The summed E-state index contributed by atoms with van der Waals surface area (Å²) in [6.45, 7) is 1.58. The Morgan fingerprint density at radius 1 is 1.60 bits per heavy atom. The van der Waals surface area contributed by atoms with E-state index in [1.807, 2.05) is 0 Å². The Kier molecular flexibility index (Phi) is 2.06. The summed E-state index contributed by atoms with van der Waals surface area (Å²) in [6.07, 6.45) is 2.89. The molecule has 2 atom stereocenters. The second-order valence-electron chi connectivity index (χ2n) is 2.88. The summed E-state index contributed by atoms with van der Waals surface area (Å²) in [5.74, 6) is 0.242. The monoisotopic (exact) mass is 137 g/mol. The lowest BCUT2D eigenvalue weighted by Crippen LogP contribution is -2.14.